The number of guanidine groups is 1. The highest BCUT2D eigenvalue weighted by Crippen LogP contribution is 2.28. The summed E-state index contributed by atoms with van der Waals surface area (Å²) in [6.07, 6.45) is 4.59. The van der Waals surface area contributed by atoms with Crippen molar-refractivity contribution in [2.24, 2.45) is 10.9 Å². The molecule has 0 aromatic carbocycles. The van der Waals surface area contributed by atoms with Crippen molar-refractivity contribution in [3.8, 4) is 0 Å². The van der Waals surface area contributed by atoms with Gasteiger partial charge in [0.25, 0.3) is 0 Å². The number of ether oxygens (including phenoxy) is 2. The van der Waals surface area contributed by atoms with Gasteiger partial charge in [0.1, 0.15) is 12.4 Å². The highest BCUT2D eigenvalue weighted by Gasteiger charge is 2.22. The lowest BCUT2D eigenvalue weighted by molar-refractivity contribution is 0.131. The van der Waals surface area contributed by atoms with E-state index in [1.54, 1.807) is 7.11 Å². The zero-order chi connectivity index (χ0) is 17.5. The molecule has 1 aromatic rings. The van der Waals surface area contributed by atoms with Crippen LogP contribution in [0, 0.1) is 5.92 Å². The number of hydrogen-bond acceptors (Lipinski definition) is 5. The second-order valence-corrected chi connectivity index (χ2v) is 6.72. The van der Waals surface area contributed by atoms with Gasteiger partial charge in [0.05, 0.1) is 19.7 Å². The summed E-state index contributed by atoms with van der Waals surface area (Å²) < 4.78 is 12.8. The minimum atomic E-state index is 0. The smallest absolute Gasteiger partial charge is 0.191 e. The summed E-state index contributed by atoms with van der Waals surface area (Å²) in [7, 11) is 1.66. The van der Waals surface area contributed by atoms with Crippen LogP contribution in [-0.4, -0.2) is 60.2 Å². The number of rotatable bonds is 9. The third kappa shape index (κ3) is 6.66. The standard InChI is InChI=1S/C17H30N6O2.HI/c1-3-18-17(19-8-9-25-11-13-4-5-13)20-14-6-7-16-21-15(12-24-2)22-23(16)10-14;/h13-14H,3-12H2,1-2H3,(H2,18,19,20);1H. The Morgan fingerprint density at radius 2 is 2.19 bits per heavy atom. The maximum Gasteiger partial charge on any atom is 0.191 e. The Kier molecular flexibility index (Phi) is 9.06. The topological polar surface area (TPSA) is 85.6 Å². The molecule has 1 unspecified atom stereocenters. The summed E-state index contributed by atoms with van der Waals surface area (Å²) in [6, 6.07) is 0.301. The maximum atomic E-state index is 5.65. The first-order valence-electron chi connectivity index (χ1n) is 9.32. The first-order valence-corrected chi connectivity index (χ1v) is 9.32. The van der Waals surface area contributed by atoms with Crippen molar-refractivity contribution in [2.45, 2.75) is 51.8 Å². The third-order valence-electron chi connectivity index (χ3n) is 4.42. The van der Waals surface area contributed by atoms with Crippen molar-refractivity contribution in [1.29, 1.82) is 0 Å². The van der Waals surface area contributed by atoms with Gasteiger partial charge in [-0.25, -0.2) is 9.67 Å². The maximum absolute atomic E-state index is 5.65. The average molecular weight is 478 g/mol. The number of aryl methyl sites for hydroxylation is 1. The molecule has 0 spiro atoms. The molecule has 0 radical (unpaired) electrons. The molecule has 0 bridgehead atoms. The molecule has 1 aliphatic heterocycles. The molecule has 1 atom stereocenters. The molecule has 2 aliphatic rings. The summed E-state index contributed by atoms with van der Waals surface area (Å²) in [5.41, 5.74) is 0. The van der Waals surface area contributed by atoms with Crippen LogP contribution in [0.4, 0.5) is 0 Å². The molecule has 1 aliphatic carbocycles. The Bertz CT molecular complexity index is 576. The van der Waals surface area contributed by atoms with Crippen LogP contribution in [0.1, 0.15) is 37.8 Å². The van der Waals surface area contributed by atoms with E-state index in [-0.39, 0.29) is 24.0 Å². The SMILES string of the molecule is CCNC(=NCCOCC1CC1)NC1CCc2nc(COC)nn2C1.I. The van der Waals surface area contributed by atoms with E-state index in [4.69, 9.17) is 9.47 Å². The lowest BCUT2D eigenvalue weighted by Crippen LogP contribution is -2.47. The first-order chi connectivity index (χ1) is 12.3. The van der Waals surface area contributed by atoms with Crippen LogP contribution in [0.15, 0.2) is 4.99 Å². The van der Waals surface area contributed by atoms with Gasteiger partial charge in [0, 0.05) is 32.7 Å². The molecule has 1 fully saturated rings. The van der Waals surface area contributed by atoms with Gasteiger partial charge in [-0.2, -0.15) is 5.10 Å². The number of aromatic nitrogens is 3. The molecule has 2 N–H and O–H groups in total. The van der Waals surface area contributed by atoms with E-state index in [0.717, 1.165) is 56.1 Å². The lowest BCUT2D eigenvalue weighted by atomic mass is 10.1. The quantitative estimate of drug-likeness (QED) is 0.241. The number of hydrogen-bond donors (Lipinski definition) is 2. The fourth-order valence-corrected chi connectivity index (χ4v) is 2.94. The van der Waals surface area contributed by atoms with Crippen molar-refractivity contribution < 1.29 is 9.47 Å². The fraction of sp³-hybridized carbons (Fsp3) is 0.824. The monoisotopic (exact) mass is 478 g/mol. The molecule has 8 nitrogen and oxygen atoms in total. The molecular formula is C17H31IN6O2. The minimum absolute atomic E-state index is 0. The molecule has 1 saturated carbocycles. The third-order valence-corrected chi connectivity index (χ3v) is 4.42. The Balaban J connectivity index is 0.00000243. The summed E-state index contributed by atoms with van der Waals surface area (Å²) in [5, 5.41) is 11.3. The van der Waals surface area contributed by atoms with Crippen LogP contribution in [-0.2, 0) is 29.0 Å². The van der Waals surface area contributed by atoms with Crippen molar-refractivity contribution in [3.63, 3.8) is 0 Å². The van der Waals surface area contributed by atoms with Crippen LogP contribution in [0.3, 0.4) is 0 Å². The molecule has 0 saturated heterocycles. The van der Waals surface area contributed by atoms with Gasteiger partial charge in [-0.1, -0.05) is 0 Å². The predicted octanol–water partition coefficient (Wildman–Crippen LogP) is 1.34. The number of halogens is 1. The molecule has 2 heterocycles. The highest BCUT2D eigenvalue weighted by molar-refractivity contribution is 14.0. The zero-order valence-electron chi connectivity index (χ0n) is 15.7. The normalized spacial score (nSPS) is 19.6. The van der Waals surface area contributed by atoms with E-state index in [0.29, 0.717) is 25.8 Å². The molecule has 1 aromatic heterocycles. The molecule has 9 heteroatoms. The largest absolute Gasteiger partial charge is 0.379 e. The van der Waals surface area contributed by atoms with E-state index in [2.05, 4.69) is 32.6 Å². The Morgan fingerprint density at radius 3 is 2.92 bits per heavy atom. The van der Waals surface area contributed by atoms with E-state index in [9.17, 15) is 0 Å². The minimum Gasteiger partial charge on any atom is -0.379 e. The summed E-state index contributed by atoms with van der Waals surface area (Å²) in [4.78, 5) is 9.14. The summed E-state index contributed by atoms with van der Waals surface area (Å²) in [6.45, 7) is 6.44. The van der Waals surface area contributed by atoms with Gasteiger partial charge in [-0.15, -0.1) is 24.0 Å². The average Bonchev–Trinajstić information content (AvgIpc) is 3.33. The number of aliphatic imine (C=N–C) groups is 1. The van der Waals surface area contributed by atoms with E-state index in [1.165, 1.54) is 12.8 Å². The summed E-state index contributed by atoms with van der Waals surface area (Å²) >= 11 is 0. The van der Waals surface area contributed by atoms with Crippen LogP contribution in [0.25, 0.3) is 0 Å². The number of methoxy groups -OCH3 is 1. The second-order valence-electron chi connectivity index (χ2n) is 6.72. The van der Waals surface area contributed by atoms with Gasteiger partial charge in [-0.05, 0) is 32.1 Å². The Hall–Kier alpha value is -0.940. The van der Waals surface area contributed by atoms with E-state index >= 15 is 0 Å². The highest BCUT2D eigenvalue weighted by atomic mass is 127. The Morgan fingerprint density at radius 1 is 1.35 bits per heavy atom. The van der Waals surface area contributed by atoms with Gasteiger partial charge in [-0.3, -0.25) is 4.99 Å². The van der Waals surface area contributed by atoms with Crippen molar-refractivity contribution in [2.75, 3.05) is 33.4 Å². The number of nitrogens with zero attached hydrogens (tertiary/aromatic N) is 4. The Labute approximate surface area is 172 Å². The summed E-state index contributed by atoms with van der Waals surface area (Å²) in [5.74, 6) is 3.45. The van der Waals surface area contributed by atoms with Gasteiger partial charge < -0.3 is 20.1 Å². The molecule has 148 valence electrons. The van der Waals surface area contributed by atoms with E-state index in [1.807, 2.05) is 4.68 Å². The van der Waals surface area contributed by atoms with Crippen molar-refractivity contribution >= 4 is 29.9 Å². The van der Waals surface area contributed by atoms with Gasteiger partial charge >= 0.3 is 0 Å². The van der Waals surface area contributed by atoms with Crippen molar-refractivity contribution in [1.82, 2.24) is 25.4 Å². The van der Waals surface area contributed by atoms with Crippen LogP contribution < -0.4 is 10.6 Å². The number of fused-ring (bicyclic) bond motifs is 1. The molecule has 0 amide bonds. The van der Waals surface area contributed by atoms with Gasteiger partial charge in [0.2, 0.25) is 0 Å². The zero-order valence-corrected chi connectivity index (χ0v) is 18.1. The van der Waals surface area contributed by atoms with Gasteiger partial charge in [0.15, 0.2) is 11.8 Å². The van der Waals surface area contributed by atoms with E-state index < -0.39 is 0 Å². The fourth-order valence-electron chi connectivity index (χ4n) is 2.94. The van der Waals surface area contributed by atoms with Crippen LogP contribution in [0.5, 0.6) is 0 Å². The molecular weight excluding hydrogens is 447 g/mol. The molecule has 3 rings (SSSR count). The first kappa shape index (κ1) is 21.4. The van der Waals surface area contributed by atoms with Crippen LogP contribution >= 0.6 is 24.0 Å². The number of nitrogens with one attached hydrogen (secondary N) is 2. The molecule has 26 heavy (non-hydrogen) atoms. The predicted molar refractivity (Wildman–Crippen MR) is 111 cm³/mol. The lowest BCUT2D eigenvalue weighted by Gasteiger charge is -2.25. The van der Waals surface area contributed by atoms with Crippen molar-refractivity contribution in [3.05, 3.63) is 11.6 Å². The second kappa shape index (κ2) is 11.0. The van der Waals surface area contributed by atoms with Crippen LogP contribution in [0.2, 0.25) is 0 Å².